The molecule has 0 aliphatic rings. The largest absolute Gasteiger partial charge is 0.397 e. The zero-order valence-corrected chi connectivity index (χ0v) is 8.01. The van der Waals surface area contributed by atoms with E-state index >= 15 is 0 Å². The molecule has 0 spiro atoms. The van der Waals surface area contributed by atoms with Gasteiger partial charge in [0.15, 0.2) is 0 Å². The molecule has 0 aliphatic carbocycles. The van der Waals surface area contributed by atoms with Crippen LogP contribution in [0.5, 0.6) is 0 Å². The second-order valence-corrected chi connectivity index (χ2v) is 3.20. The molecular formula is C12H9N3. The summed E-state index contributed by atoms with van der Waals surface area (Å²) >= 11 is 0. The minimum atomic E-state index is 0.620. The third-order valence-corrected chi connectivity index (χ3v) is 2.08. The number of hydrogen-bond acceptors (Lipinski definition) is 3. The molecule has 0 amide bonds. The number of rotatable bonds is 1. The smallest absolute Gasteiger partial charge is 0.0991 e. The van der Waals surface area contributed by atoms with Crippen LogP contribution in [0.3, 0.4) is 0 Å². The minimum Gasteiger partial charge on any atom is -0.397 e. The van der Waals surface area contributed by atoms with Gasteiger partial charge in [-0.2, -0.15) is 5.26 Å². The molecule has 0 bridgehead atoms. The van der Waals surface area contributed by atoms with Crippen molar-refractivity contribution < 1.29 is 0 Å². The molecule has 2 rings (SSSR count). The normalized spacial score (nSPS) is 9.53. The van der Waals surface area contributed by atoms with Gasteiger partial charge in [-0.15, -0.1) is 0 Å². The number of hydrogen-bond donors (Lipinski definition) is 1. The van der Waals surface area contributed by atoms with Crippen LogP contribution in [0, 0.1) is 11.3 Å². The summed E-state index contributed by atoms with van der Waals surface area (Å²) in [6.45, 7) is 0. The van der Waals surface area contributed by atoms with E-state index in [4.69, 9.17) is 11.0 Å². The van der Waals surface area contributed by atoms with E-state index in [-0.39, 0.29) is 0 Å². The molecule has 15 heavy (non-hydrogen) atoms. The van der Waals surface area contributed by atoms with Crippen LogP contribution in [0.15, 0.2) is 42.7 Å². The highest BCUT2D eigenvalue weighted by molar-refractivity contribution is 5.67. The van der Waals surface area contributed by atoms with Gasteiger partial charge in [-0.1, -0.05) is 12.1 Å². The Morgan fingerprint density at radius 1 is 1.13 bits per heavy atom. The van der Waals surface area contributed by atoms with Crippen LogP contribution in [0.4, 0.5) is 5.69 Å². The molecule has 72 valence electrons. The Morgan fingerprint density at radius 3 is 2.73 bits per heavy atom. The Morgan fingerprint density at radius 2 is 2.00 bits per heavy atom. The minimum absolute atomic E-state index is 0.620. The molecule has 2 N–H and O–H groups in total. The summed E-state index contributed by atoms with van der Waals surface area (Å²) in [5.41, 5.74) is 8.77. The van der Waals surface area contributed by atoms with Gasteiger partial charge in [0.2, 0.25) is 0 Å². The first-order chi connectivity index (χ1) is 7.29. The number of nitrogen functional groups attached to an aromatic ring is 1. The summed E-state index contributed by atoms with van der Waals surface area (Å²) in [7, 11) is 0. The first-order valence-corrected chi connectivity index (χ1v) is 4.50. The van der Waals surface area contributed by atoms with E-state index in [1.165, 1.54) is 0 Å². The van der Waals surface area contributed by atoms with Crippen molar-refractivity contribution in [3.63, 3.8) is 0 Å². The predicted octanol–water partition coefficient (Wildman–Crippen LogP) is 2.20. The summed E-state index contributed by atoms with van der Waals surface area (Å²) in [5, 5.41) is 8.77. The summed E-state index contributed by atoms with van der Waals surface area (Å²) in [6.07, 6.45) is 3.32. The van der Waals surface area contributed by atoms with Crippen LogP contribution in [0.1, 0.15) is 5.56 Å². The fourth-order valence-corrected chi connectivity index (χ4v) is 1.38. The highest BCUT2D eigenvalue weighted by Gasteiger charge is 1.99. The molecule has 0 aliphatic heterocycles. The van der Waals surface area contributed by atoms with Gasteiger partial charge in [0.1, 0.15) is 0 Å². The van der Waals surface area contributed by atoms with Gasteiger partial charge in [0.25, 0.3) is 0 Å². The van der Waals surface area contributed by atoms with Gasteiger partial charge in [0.05, 0.1) is 17.3 Å². The Balaban J connectivity index is 2.50. The van der Waals surface area contributed by atoms with E-state index in [1.807, 2.05) is 24.3 Å². The number of anilines is 1. The Hall–Kier alpha value is -2.34. The third kappa shape index (κ3) is 1.94. The van der Waals surface area contributed by atoms with Gasteiger partial charge in [0, 0.05) is 18.0 Å². The molecule has 0 atom stereocenters. The molecule has 3 heteroatoms. The lowest BCUT2D eigenvalue weighted by Crippen LogP contribution is -1.87. The van der Waals surface area contributed by atoms with Crippen molar-refractivity contribution in [1.29, 1.82) is 5.26 Å². The monoisotopic (exact) mass is 195 g/mol. The van der Waals surface area contributed by atoms with Gasteiger partial charge in [-0.3, -0.25) is 4.98 Å². The fraction of sp³-hybridized carbons (Fsp3) is 0. The summed E-state index contributed by atoms with van der Waals surface area (Å²) in [6, 6.07) is 11.3. The van der Waals surface area contributed by atoms with E-state index in [9.17, 15) is 0 Å². The molecule has 0 saturated heterocycles. The quantitative estimate of drug-likeness (QED) is 0.758. The lowest BCUT2D eigenvalue weighted by atomic mass is 10.1. The van der Waals surface area contributed by atoms with Crippen LogP contribution in [-0.2, 0) is 0 Å². The van der Waals surface area contributed by atoms with Gasteiger partial charge in [-0.25, -0.2) is 0 Å². The summed E-state index contributed by atoms with van der Waals surface area (Å²) in [5.74, 6) is 0. The number of nitriles is 1. The number of aromatic nitrogens is 1. The number of nitrogens with zero attached hydrogens (tertiary/aromatic N) is 2. The molecule has 0 fully saturated rings. The number of pyridine rings is 1. The average Bonchev–Trinajstić information content (AvgIpc) is 2.29. The van der Waals surface area contributed by atoms with Crippen molar-refractivity contribution in [3.05, 3.63) is 48.3 Å². The zero-order valence-electron chi connectivity index (χ0n) is 8.01. The van der Waals surface area contributed by atoms with Gasteiger partial charge in [-0.05, 0) is 23.8 Å². The predicted molar refractivity (Wildman–Crippen MR) is 58.8 cm³/mol. The molecule has 1 aromatic carbocycles. The van der Waals surface area contributed by atoms with Crippen molar-refractivity contribution in [1.82, 2.24) is 4.98 Å². The average molecular weight is 195 g/mol. The maximum absolute atomic E-state index is 8.77. The highest BCUT2D eigenvalue weighted by Crippen LogP contribution is 2.20. The molecule has 2 aromatic rings. The molecule has 1 aromatic heterocycles. The third-order valence-electron chi connectivity index (χ3n) is 2.08. The Kier molecular flexibility index (Phi) is 2.34. The van der Waals surface area contributed by atoms with Crippen LogP contribution < -0.4 is 5.73 Å². The van der Waals surface area contributed by atoms with Crippen LogP contribution in [-0.4, -0.2) is 4.98 Å². The van der Waals surface area contributed by atoms with Crippen molar-refractivity contribution in [2.75, 3.05) is 5.73 Å². The number of nitrogens with two attached hydrogens (primary N) is 1. The Bertz CT molecular complexity index is 526. The van der Waals surface area contributed by atoms with E-state index in [2.05, 4.69) is 11.1 Å². The molecule has 1 heterocycles. The molecule has 3 nitrogen and oxygen atoms in total. The standard InChI is InChI=1S/C12H9N3/c13-6-9-2-1-3-10(4-9)11-5-12(14)8-15-7-11/h1-5,7-8H,14H2. The van der Waals surface area contributed by atoms with E-state index in [1.54, 1.807) is 18.5 Å². The zero-order chi connectivity index (χ0) is 10.7. The SMILES string of the molecule is N#Cc1cccc(-c2cncc(N)c2)c1. The summed E-state index contributed by atoms with van der Waals surface area (Å²) in [4.78, 5) is 4.01. The second kappa shape index (κ2) is 3.81. The van der Waals surface area contributed by atoms with Crippen molar-refractivity contribution in [3.8, 4) is 17.2 Å². The maximum Gasteiger partial charge on any atom is 0.0991 e. The molecular weight excluding hydrogens is 186 g/mol. The first kappa shape index (κ1) is 9.22. The molecule has 0 unspecified atom stereocenters. The first-order valence-electron chi connectivity index (χ1n) is 4.50. The maximum atomic E-state index is 8.77. The van der Waals surface area contributed by atoms with Gasteiger partial charge >= 0.3 is 0 Å². The van der Waals surface area contributed by atoms with Crippen molar-refractivity contribution in [2.24, 2.45) is 0 Å². The van der Waals surface area contributed by atoms with E-state index in [0.717, 1.165) is 11.1 Å². The lowest BCUT2D eigenvalue weighted by molar-refractivity contribution is 1.33. The number of benzene rings is 1. The fourth-order valence-electron chi connectivity index (χ4n) is 1.38. The van der Waals surface area contributed by atoms with Crippen LogP contribution in [0.25, 0.3) is 11.1 Å². The molecule has 0 saturated carbocycles. The highest BCUT2D eigenvalue weighted by atomic mass is 14.7. The Labute approximate surface area is 87.8 Å². The topological polar surface area (TPSA) is 62.7 Å². The van der Waals surface area contributed by atoms with Crippen molar-refractivity contribution >= 4 is 5.69 Å². The van der Waals surface area contributed by atoms with Crippen molar-refractivity contribution in [2.45, 2.75) is 0 Å². The van der Waals surface area contributed by atoms with E-state index in [0.29, 0.717) is 11.3 Å². The molecule has 0 radical (unpaired) electrons. The second-order valence-electron chi connectivity index (χ2n) is 3.20. The van der Waals surface area contributed by atoms with Gasteiger partial charge < -0.3 is 5.73 Å². The van der Waals surface area contributed by atoms with Crippen LogP contribution in [0.2, 0.25) is 0 Å². The summed E-state index contributed by atoms with van der Waals surface area (Å²) < 4.78 is 0. The van der Waals surface area contributed by atoms with E-state index < -0.39 is 0 Å². The lowest BCUT2D eigenvalue weighted by Gasteiger charge is -2.01. The van der Waals surface area contributed by atoms with Crippen LogP contribution >= 0.6 is 0 Å².